The fourth-order valence-corrected chi connectivity index (χ4v) is 1.15. The molecule has 0 bridgehead atoms. The van der Waals surface area contributed by atoms with Gasteiger partial charge in [-0.3, -0.25) is 9.48 Å². The number of hydrogen-bond donors (Lipinski definition) is 2. The van der Waals surface area contributed by atoms with Crippen molar-refractivity contribution in [1.29, 1.82) is 0 Å². The van der Waals surface area contributed by atoms with Crippen LogP contribution in [0.2, 0.25) is 0 Å². The van der Waals surface area contributed by atoms with Gasteiger partial charge in [0.1, 0.15) is 5.69 Å². The third-order valence-electron chi connectivity index (χ3n) is 1.77. The van der Waals surface area contributed by atoms with Crippen LogP contribution >= 0.6 is 0 Å². The number of aromatic carboxylic acids is 1. The third-order valence-corrected chi connectivity index (χ3v) is 1.77. The molecule has 0 unspecified atom stereocenters. The lowest BCUT2D eigenvalue weighted by Gasteiger charge is -1.96. The van der Waals surface area contributed by atoms with E-state index in [0.29, 0.717) is 0 Å². The second-order valence-corrected chi connectivity index (χ2v) is 3.55. The molecule has 0 radical (unpaired) electrons. The molecule has 0 spiro atoms. The number of carbonyl (C=O) groups excluding carboxylic acids is 1. The summed E-state index contributed by atoms with van der Waals surface area (Å²) in [5.74, 6) is -1.19. The zero-order chi connectivity index (χ0) is 12.3. The van der Waals surface area contributed by atoms with Crippen LogP contribution in [0.5, 0.6) is 0 Å². The predicted molar refractivity (Wildman–Crippen MR) is 58.2 cm³/mol. The highest BCUT2D eigenvalue weighted by Crippen LogP contribution is 2.08. The van der Waals surface area contributed by atoms with E-state index in [1.807, 2.05) is 0 Å². The molecule has 0 fully saturated rings. The number of aryl methyl sites for hydroxylation is 1. The average Bonchev–Trinajstić information content (AvgIpc) is 2.44. The molecule has 2 N–H and O–H groups in total. The minimum Gasteiger partial charge on any atom is -0.477 e. The van der Waals surface area contributed by atoms with Crippen molar-refractivity contribution in [3.63, 3.8) is 0 Å². The van der Waals surface area contributed by atoms with Crippen molar-refractivity contribution in [2.45, 2.75) is 13.8 Å². The van der Waals surface area contributed by atoms with Gasteiger partial charge < -0.3 is 10.4 Å². The monoisotopic (exact) mass is 223 g/mol. The van der Waals surface area contributed by atoms with E-state index < -0.39 is 5.97 Å². The molecule has 6 heteroatoms. The minimum absolute atomic E-state index is 0.0208. The average molecular weight is 223 g/mol. The van der Waals surface area contributed by atoms with E-state index in [4.69, 9.17) is 5.11 Å². The molecular weight excluding hydrogens is 210 g/mol. The Balaban J connectivity index is 2.84. The number of carbonyl (C=O) groups is 2. The van der Waals surface area contributed by atoms with Crippen molar-refractivity contribution in [2.24, 2.45) is 7.05 Å². The number of rotatable bonds is 3. The first-order valence-corrected chi connectivity index (χ1v) is 4.63. The normalized spacial score (nSPS) is 9.69. The summed E-state index contributed by atoms with van der Waals surface area (Å²) in [6.07, 6.45) is 1.41. The summed E-state index contributed by atoms with van der Waals surface area (Å²) in [6.45, 7) is 3.58. The van der Waals surface area contributed by atoms with Crippen molar-refractivity contribution in [3.05, 3.63) is 23.4 Å². The number of hydrogen-bond acceptors (Lipinski definition) is 3. The number of nitrogens with zero attached hydrogens (tertiary/aromatic N) is 2. The second kappa shape index (κ2) is 4.61. The van der Waals surface area contributed by atoms with Crippen molar-refractivity contribution in [1.82, 2.24) is 9.78 Å². The number of aromatic nitrogens is 2. The molecular formula is C10H13N3O3. The summed E-state index contributed by atoms with van der Waals surface area (Å²) >= 11 is 0. The number of carboxylic acid groups (broad SMARTS) is 1. The molecule has 1 amide bonds. The molecule has 1 aromatic heterocycles. The first-order chi connectivity index (χ1) is 7.40. The molecule has 1 rings (SSSR count). The van der Waals surface area contributed by atoms with Crippen molar-refractivity contribution in [3.8, 4) is 0 Å². The van der Waals surface area contributed by atoms with Crippen LogP contribution in [0.1, 0.15) is 24.3 Å². The Hall–Kier alpha value is -2.11. The summed E-state index contributed by atoms with van der Waals surface area (Å²) in [5.41, 5.74) is 0.874. The van der Waals surface area contributed by atoms with E-state index >= 15 is 0 Å². The highest BCUT2D eigenvalue weighted by Gasteiger charge is 2.12. The summed E-state index contributed by atoms with van der Waals surface area (Å²) in [5, 5.41) is 15.1. The van der Waals surface area contributed by atoms with E-state index in [0.717, 1.165) is 5.57 Å². The van der Waals surface area contributed by atoms with Crippen molar-refractivity contribution < 1.29 is 14.7 Å². The Kier molecular flexibility index (Phi) is 3.44. The second-order valence-electron chi connectivity index (χ2n) is 3.55. The Morgan fingerprint density at radius 1 is 1.50 bits per heavy atom. The van der Waals surface area contributed by atoms with Gasteiger partial charge in [0, 0.05) is 19.2 Å². The molecule has 0 aliphatic carbocycles. The lowest BCUT2D eigenvalue weighted by atomic mass is 10.3. The topological polar surface area (TPSA) is 84.2 Å². The van der Waals surface area contributed by atoms with Crippen LogP contribution in [-0.2, 0) is 11.8 Å². The molecule has 0 saturated heterocycles. The SMILES string of the molecule is CC(C)=CC(=O)Nc1cc(C(=O)O)n(C)n1. The first kappa shape index (κ1) is 12.0. The van der Waals surface area contributed by atoms with Gasteiger partial charge in [-0.2, -0.15) is 5.10 Å². The van der Waals surface area contributed by atoms with Gasteiger partial charge >= 0.3 is 5.97 Å². The quantitative estimate of drug-likeness (QED) is 0.749. The zero-order valence-corrected chi connectivity index (χ0v) is 9.31. The third kappa shape index (κ3) is 2.94. The summed E-state index contributed by atoms with van der Waals surface area (Å²) in [7, 11) is 1.50. The predicted octanol–water partition coefficient (Wildman–Crippen LogP) is 1.02. The van der Waals surface area contributed by atoms with Crippen LogP contribution in [0.4, 0.5) is 5.82 Å². The van der Waals surface area contributed by atoms with Crippen LogP contribution in [0, 0.1) is 0 Å². The molecule has 6 nitrogen and oxygen atoms in total. The van der Waals surface area contributed by atoms with Gasteiger partial charge in [0.25, 0.3) is 0 Å². The van der Waals surface area contributed by atoms with E-state index in [1.54, 1.807) is 13.8 Å². The standard InChI is InChI=1S/C10H13N3O3/c1-6(2)4-9(14)11-8-5-7(10(15)16)13(3)12-8/h4-5H,1-3H3,(H,15,16)(H,11,12,14). The van der Waals surface area contributed by atoms with E-state index in [-0.39, 0.29) is 17.4 Å². The molecule has 0 atom stereocenters. The van der Waals surface area contributed by atoms with Gasteiger partial charge in [-0.05, 0) is 13.8 Å². The maximum atomic E-state index is 11.3. The number of carboxylic acids is 1. The maximum absolute atomic E-state index is 11.3. The van der Waals surface area contributed by atoms with E-state index in [1.165, 1.54) is 23.9 Å². The van der Waals surface area contributed by atoms with Crippen LogP contribution in [0.25, 0.3) is 0 Å². The number of anilines is 1. The molecule has 86 valence electrons. The molecule has 0 saturated carbocycles. The Bertz CT molecular complexity index is 456. The van der Waals surface area contributed by atoms with E-state index in [9.17, 15) is 9.59 Å². The fourth-order valence-electron chi connectivity index (χ4n) is 1.15. The van der Waals surface area contributed by atoms with E-state index in [2.05, 4.69) is 10.4 Å². The number of amides is 1. The fraction of sp³-hybridized carbons (Fsp3) is 0.300. The lowest BCUT2D eigenvalue weighted by molar-refractivity contribution is -0.112. The minimum atomic E-state index is -1.09. The van der Waals surface area contributed by atoms with Gasteiger partial charge in [0.05, 0.1) is 0 Å². The smallest absolute Gasteiger partial charge is 0.354 e. The molecule has 16 heavy (non-hydrogen) atoms. The summed E-state index contributed by atoms with van der Waals surface area (Å²) in [4.78, 5) is 22.0. The van der Waals surface area contributed by atoms with Crippen molar-refractivity contribution >= 4 is 17.7 Å². The summed E-state index contributed by atoms with van der Waals surface area (Å²) < 4.78 is 1.19. The molecule has 1 heterocycles. The van der Waals surface area contributed by atoms with Crippen LogP contribution in [0.15, 0.2) is 17.7 Å². The number of nitrogens with one attached hydrogen (secondary N) is 1. The highest BCUT2D eigenvalue weighted by molar-refractivity contribution is 5.99. The van der Waals surface area contributed by atoms with Gasteiger partial charge in [-0.25, -0.2) is 4.79 Å². The van der Waals surface area contributed by atoms with Gasteiger partial charge in [-0.1, -0.05) is 5.57 Å². The van der Waals surface area contributed by atoms with Gasteiger partial charge in [0.15, 0.2) is 5.82 Å². The number of allylic oxidation sites excluding steroid dienone is 1. The highest BCUT2D eigenvalue weighted by atomic mass is 16.4. The largest absolute Gasteiger partial charge is 0.477 e. The Morgan fingerprint density at radius 2 is 2.12 bits per heavy atom. The first-order valence-electron chi connectivity index (χ1n) is 4.63. The molecule has 0 aliphatic heterocycles. The maximum Gasteiger partial charge on any atom is 0.354 e. The molecule has 0 aromatic carbocycles. The van der Waals surface area contributed by atoms with Gasteiger partial charge in [0.2, 0.25) is 5.91 Å². The van der Waals surface area contributed by atoms with Crippen LogP contribution < -0.4 is 5.32 Å². The van der Waals surface area contributed by atoms with Gasteiger partial charge in [-0.15, -0.1) is 0 Å². The summed E-state index contributed by atoms with van der Waals surface area (Å²) in [6, 6.07) is 1.30. The van der Waals surface area contributed by atoms with Crippen molar-refractivity contribution in [2.75, 3.05) is 5.32 Å². The Morgan fingerprint density at radius 3 is 2.56 bits per heavy atom. The lowest BCUT2D eigenvalue weighted by Crippen LogP contribution is -2.09. The van der Waals surface area contributed by atoms with Crippen LogP contribution in [-0.4, -0.2) is 26.8 Å². The zero-order valence-electron chi connectivity index (χ0n) is 9.31. The van der Waals surface area contributed by atoms with Crippen LogP contribution in [0.3, 0.4) is 0 Å². The molecule has 1 aromatic rings. The molecule has 0 aliphatic rings. The Labute approximate surface area is 92.6 Å².